The highest BCUT2D eigenvalue weighted by atomic mass is 35.5. The van der Waals surface area contributed by atoms with E-state index in [1.165, 1.54) is 4.90 Å². The van der Waals surface area contributed by atoms with E-state index in [-0.39, 0.29) is 54.3 Å². The molecule has 1 aromatic carbocycles. The van der Waals surface area contributed by atoms with E-state index >= 15 is 0 Å². The van der Waals surface area contributed by atoms with Gasteiger partial charge in [0.1, 0.15) is 5.75 Å². The first-order valence-electron chi connectivity index (χ1n) is 15.3. The van der Waals surface area contributed by atoms with Crippen LogP contribution in [0.3, 0.4) is 0 Å². The highest BCUT2D eigenvalue weighted by Crippen LogP contribution is 2.24. The van der Waals surface area contributed by atoms with Gasteiger partial charge in [-0.15, -0.1) is 12.4 Å². The van der Waals surface area contributed by atoms with Crippen LogP contribution in [0.25, 0.3) is 0 Å². The molecule has 0 bridgehead atoms. The lowest BCUT2D eigenvalue weighted by Crippen LogP contribution is -2.44. The lowest BCUT2D eigenvalue weighted by molar-refractivity contribution is -0.130. The molecular formula is C32H57ClN4O6. The van der Waals surface area contributed by atoms with Crippen LogP contribution in [0.15, 0.2) is 24.3 Å². The predicted molar refractivity (Wildman–Crippen MR) is 173 cm³/mol. The van der Waals surface area contributed by atoms with Crippen molar-refractivity contribution in [1.82, 2.24) is 15.5 Å². The smallest absolute Gasteiger partial charge is 0.255 e. The lowest BCUT2D eigenvalue weighted by Gasteiger charge is -2.30. The van der Waals surface area contributed by atoms with Crippen molar-refractivity contribution in [3.8, 4) is 5.75 Å². The molecule has 0 aliphatic rings. The largest absolute Gasteiger partial charge is 0.493 e. The summed E-state index contributed by atoms with van der Waals surface area (Å²) in [5, 5.41) is 16.9. The highest BCUT2D eigenvalue weighted by molar-refractivity contribution is 5.96. The number of methoxy groups -OCH3 is 1. The Morgan fingerprint density at radius 2 is 1.60 bits per heavy atom. The van der Waals surface area contributed by atoms with Gasteiger partial charge in [-0.2, -0.15) is 0 Å². The van der Waals surface area contributed by atoms with Crippen LogP contribution in [-0.4, -0.2) is 87.4 Å². The van der Waals surface area contributed by atoms with E-state index in [0.717, 1.165) is 12.8 Å². The number of aliphatic hydroxyl groups is 1. The Bertz CT molecular complexity index is 946. The van der Waals surface area contributed by atoms with Gasteiger partial charge in [0.25, 0.3) is 5.91 Å². The number of para-hydroxylation sites is 1. The van der Waals surface area contributed by atoms with Gasteiger partial charge in [0.05, 0.1) is 18.3 Å². The van der Waals surface area contributed by atoms with Gasteiger partial charge in [0.2, 0.25) is 11.8 Å². The van der Waals surface area contributed by atoms with Crippen LogP contribution < -0.4 is 21.1 Å². The Balaban J connectivity index is 0.0000176. The van der Waals surface area contributed by atoms with Gasteiger partial charge < -0.3 is 35.8 Å². The summed E-state index contributed by atoms with van der Waals surface area (Å²) in [5.74, 6) is 0.0609. The standard InChI is InChI=1S/C32H56N4O6.ClH/c1-22(2)24(21-35-31(39)25-13-8-9-14-29(25)42-18-11-10-17-41-7)19-27(33)28(37)20-26(23(3)4)32(40)34-16-12-15-30(38)36(5)6;/h8-9,13-14,22-24,26-28,37H,10-12,15-21,33H2,1-7H3,(H,34,40)(H,35,39);1H. The van der Waals surface area contributed by atoms with Crippen molar-refractivity contribution in [1.29, 1.82) is 0 Å². The van der Waals surface area contributed by atoms with E-state index in [1.54, 1.807) is 33.3 Å². The maximum atomic E-state index is 13.1. The van der Waals surface area contributed by atoms with E-state index in [2.05, 4.69) is 24.5 Å². The monoisotopic (exact) mass is 628 g/mol. The number of hydrogen-bond donors (Lipinski definition) is 4. The third-order valence-electron chi connectivity index (χ3n) is 7.67. The van der Waals surface area contributed by atoms with Crippen molar-refractivity contribution in [2.75, 3.05) is 47.5 Å². The van der Waals surface area contributed by atoms with Crippen molar-refractivity contribution in [2.45, 2.75) is 78.4 Å². The van der Waals surface area contributed by atoms with Crippen molar-refractivity contribution >= 4 is 30.1 Å². The molecule has 0 fully saturated rings. The van der Waals surface area contributed by atoms with Crippen LogP contribution in [0, 0.1) is 23.7 Å². The highest BCUT2D eigenvalue weighted by Gasteiger charge is 2.30. The average molecular weight is 629 g/mol. The Labute approximate surface area is 265 Å². The first-order chi connectivity index (χ1) is 19.9. The van der Waals surface area contributed by atoms with Crippen molar-refractivity contribution in [2.24, 2.45) is 29.4 Å². The summed E-state index contributed by atoms with van der Waals surface area (Å²) in [6.45, 7) is 10.0. The fourth-order valence-electron chi connectivity index (χ4n) is 4.65. The first-order valence-corrected chi connectivity index (χ1v) is 15.3. The van der Waals surface area contributed by atoms with Gasteiger partial charge in [-0.3, -0.25) is 14.4 Å². The summed E-state index contributed by atoms with van der Waals surface area (Å²) in [6.07, 6.45) is 2.51. The van der Waals surface area contributed by atoms with E-state index < -0.39 is 18.1 Å². The molecule has 1 rings (SSSR count). The predicted octanol–water partition coefficient (Wildman–Crippen LogP) is 3.64. The number of nitrogens with zero attached hydrogens (tertiary/aromatic N) is 1. The van der Waals surface area contributed by atoms with Crippen molar-refractivity contribution < 1.29 is 29.0 Å². The Morgan fingerprint density at radius 1 is 0.953 bits per heavy atom. The van der Waals surface area contributed by atoms with Gasteiger partial charge in [-0.1, -0.05) is 39.8 Å². The quantitative estimate of drug-likeness (QED) is 0.152. The molecule has 4 unspecified atom stereocenters. The molecule has 0 saturated heterocycles. The maximum absolute atomic E-state index is 13.1. The number of aliphatic hydroxyl groups excluding tert-OH is 1. The molecule has 0 aromatic heterocycles. The molecule has 0 aliphatic heterocycles. The molecule has 1 aromatic rings. The fraction of sp³-hybridized carbons (Fsp3) is 0.719. The van der Waals surface area contributed by atoms with Crippen molar-refractivity contribution in [3.63, 3.8) is 0 Å². The van der Waals surface area contributed by atoms with E-state index in [9.17, 15) is 19.5 Å². The number of amides is 3. The molecule has 5 N–H and O–H groups in total. The topological polar surface area (TPSA) is 143 Å². The molecule has 0 heterocycles. The zero-order valence-corrected chi connectivity index (χ0v) is 28.1. The summed E-state index contributed by atoms with van der Waals surface area (Å²) in [5.41, 5.74) is 6.93. The SMILES string of the molecule is COCCCCOc1ccccc1C(=O)NCC(CC(N)C(O)CC(C(=O)NCCCC(=O)N(C)C)C(C)C)C(C)C.Cl. The number of rotatable bonds is 21. The summed E-state index contributed by atoms with van der Waals surface area (Å²) >= 11 is 0. The van der Waals surface area contributed by atoms with Gasteiger partial charge in [0, 0.05) is 59.3 Å². The molecule has 3 amide bonds. The minimum atomic E-state index is -0.873. The summed E-state index contributed by atoms with van der Waals surface area (Å²) in [7, 11) is 5.09. The number of benzene rings is 1. The lowest BCUT2D eigenvalue weighted by atomic mass is 9.83. The summed E-state index contributed by atoms with van der Waals surface area (Å²) < 4.78 is 10.9. The molecule has 0 saturated carbocycles. The van der Waals surface area contributed by atoms with Crippen LogP contribution in [0.4, 0.5) is 0 Å². The molecule has 0 aliphatic carbocycles. The average Bonchev–Trinajstić information content (AvgIpc) is 2.95. The van der Waals surface area contributed by atoms with Gasteiger partial charge >= 0.3 is 0 Å². The molecule has 11 heteroatoms. The Morgan fingerprint density at radius 3 is 2.21 bits per heavy atom. The van der Waals surface area contributed by atoms with E-state index in [4.69, 9.17) is 15.2 Å². The number of unbranched alkanes of at least 4 members (excludes halogenated alkanes) is 1. The number of halogens is 1. The van der Waals surface area contributed by atoms with Gasteiger partial charge in [-0.25, -0.2) is 0 Å². The third kappa shape index (κ3) is 15.8. The normalized spacial score (nSPS) is 13.9. The second kappa shape index (κ2) is 22.2. The van der Waals surface area contributed by atoms with Crippen LogP contribution in [0.5, 0.6) is 5.75 Å². The van der Waals surface area contributed by atoms with Crippen LogP contribution in [0.2, 0.25) is 0 Å². The minimum absolute atomic E-state index is 0. The number of carbonyl (C=O) groups excluding carboxylic acids is 3. The Hall–Kier alpha value is -2.40. The number of nitrogens with two attached hydrogens (primary N) is 1. The number of nitrogens with one attached hydrogen (secondary N) is 2. The van der Waals surface area contributed by atoms with E-state index in [0.29, 0.717) is 56.9 Å². The van der Waals surface area contributed by atoms with Gasteiger partial charge in [0.15, 0.2) is 0 Å². The molecule has 0 radical (unpaired) electrons. The second-order valence-corrected chi connectivity index (χ2v) is 12.0. The van der Waals surface area contributed by atoms with Crippen LogP contribution in [-0.2, 0) is 14.3 Å². The maximum Gasteiger partial charge on any atom is 0.255 e. The molecule has 248 valence electrons. The molecule has 0 spiro atoms. The minimum Gasteiger partial charge on any atom is -0.493 e. The van der Waals surface area contributed by atoms with Gasteiger partial charge in [-0.05, 0) is 62.0 Å². The van der Waals surface area contributed by atoms with Crippen LogP contribution in [0.1, 0.15) is 76.6 Å². The van der Waals surface area contributed by atoms with E-state index in [1.807, 2.05) is 26.0 Å². The zero-order chi connectivity index (χ0) is 31.7. The number of hydrogen-bond acceptors (Lipinski definition) is 7. The third-order valence-corrected chi connectivity index (χ3v) is 7.67. The molecule has 10 nitrogen and oxygen atoms in total. The summed E-state index contributed by atoms with van der Waals surface area (Å²) in [4.78, 5) is 39.2. The second-order valence-electron chi connectivity index (χ2n) is 12.0. The Kier molecular flexibility index (Phi) is 20.9. The molecule has 4 atom stereocenters. The molecular weight excluding hydrogens is 572 g/mol. The summed E-state index contributed by atoms with van der Waals surface area (Å²) in [6, 6.07) is 6.64. The number of carbonyl (C=O) groups is 3. The van der Waals surface area contributed by atoms with Crippen molar-refractivity contribution in [3.05, 3.63) is 29.8 Å². The zero-order valence-electron chi connectivity index (χ0n) is 27.3. The number of ether oxygens (including phenoxy) is 2. The molecule has 43 heavy (non-hydrogen) atoms. The van der Waals surface area contributed by atoms with Crippen LogP contribution >= 0.6 is 12.4 Å². The fourth-order valence-corrected chi connectivity index (χ4v) is 4.65. The first kappa shape index (κ1) is 40.6.